The first kappa shape index (κ1) is 10.1. The van der Waals surface area contributed by atoms with Gasteiger partial charge in [-0.3, -0.25) is 0 Å². The fourth-order valence-corrected chi connectivity index (χ4v) is 1.58. The Morgan fingerprint density at radius 1 is 1.31 bits per heavy atom. The number of benzene rings is 1. The van der Waals surface area contributed by atoms with E-state index in [0.717, 1.165) is 6.42 Å². The number of nitrogens with two attached hydrogens (primary N) is 1. The first-order chi connectivity index (χ1) is 6.16. The summed E-state index contributed by atoms with van der Waals surface area (Å²) in [6.07, 6.45) is 0.959. The first-order valence-electron chi connectivity index (χ1n) is 4.62. The molecule has 0 spiro atoms. The quantitative estimate of drug-likeness (QED) is 0.761. The zero-order valence-corrected chi connectivity index (χ0v) is 8.67. The van der Waals surface area contributed by atoms with Gasteiger partial charge in [-0.25, -0.2) is 0 Å². The minimum Gasteiger partial charge on any atom is -0.377 e. The molecular formula is C11H18N2. The van der Waals surface area contributed by atoms with Crippen LogP contribution < -0.4 is 10.6 Å². The van der Waals surface area contributed by atoms with Crippen molar-refractivity contribution in [3.8, 4) is 0 Å². The molecule has 0 aromatic heterocycles. The zero-order chi connectivity index (χ0) is 9.84. The fraction of sp³-hybridized carbons (Fsp3) is 0.455. The maximum Gasteiger partial charge on any atom is 0.0396 e. The maximum atomic E-state index is 5.58. The lowest BCUT2D eigenvalue weighted by molar-refractivity contribution is 0.944. The van der Waals surface area contributed by atoms with Gasteiger partial charge in [0, 0.05) is 19.8 Å². The van der Waals surface area contributed by atoms with Crippen LogP contribution in [0.1, 0.15) is 11.1 Å². The van der Waals surface area contributed by atoms with E-state index >= 15 is 0 Å². The average molecular weight is 178 g/mol. The van der Waals surface area contributed by atoms with Crippen molar-refractivity contribution in [1.82, 2.24) is 0 Å². The highest BCUT2D eigenvalue weighted by atomic mass is 15.1. The average Bonchev–Trinajstić information content (AvgIpc) is 2.08. The normalized spacial score (nSPS) is 10.2. The van der Waals surface area contributed by atoms with Crippen molar-refractivity contribution < 1.29 is 0 Å². The van der Waals surface area contributed by atoms with E-state index in [1.807, 2.05) is 0 Å². The summed E-state index contributed by atoms with van der Waals surface area (Å²) < 4.78 is 0. The second kappa shape index (κ2) is 4.28. The Balaban J connectivity index is 3.09. The number of nitrogens with zero attached hydrogens (tertiary/aromatic N) is 1. The summed E-state index contributed by atoms with van der Waals surface area (Å²) >= 11 is 0. The maximum absolute atomic E-state index is 5.58. The van der Waals surface area contributed by atoms with Crippen LogP contribution >= 0.6 is 0 Å². The van der Waals surface area contributed by atoms with Gasteiger partial charge in [0.05, 0.1) is 0 Å². The van der Waals surface area contributed by atoms with Crippen LogP contribution in [0.4, 0.5) is 5.69 Å². The second-order valence-electron chi connectivity index (χ2n) is 3.51. The molecule has 0 aliphatic carbocycles. The summed E-state index contributed by atoms with van der Waals surface area (Å²) in [7, 11) is 4.13. The Kier molecular flexibility index (Phi) is 3.32. The third kappa shape index (κ3) is 2.22. The fourth-order valence-electron chi connectivity index (χ4n) is 1.58. The zero-order valence-electron chi connectivity index (χ0n) is 8.67. The molecule has 0 unspecified atom stereocenters. The molecule has 0 atom stereocenters. The highest BCUT2D eigenvalue weighted by Gasteiger charge is 2.05. The van der Waals surface area contributed by atoms with E-state index in [1.54, 1.807) is 0 Å². The van der Waals surface area contributed by atoms with E-state index in [9.17, 15) is 0 Å². The molecule has 13 heavy (non-hydrogen) atoms. The molecule has 2 nitrogen and oxygen atoms in total. The highest BCUT2D eigenvalue weighted by molar-refractivity contribution is 5.55. The standard InChI is InChI=1S/C11H18N2/c1-9-5-4-6-11(13(2)3)10(9)7-8-12/h4-6H,7-8,12H2,1-3H3. The molecule has 0 saturated heterocycles. The van der Waals surface area contributed by atoms with Gasteiger partial charge in [-0.1, -0.05) is 12.1 Å². The van der Waals surface area contributed by atoms with E-state index < -0.39 is 0 Å². The van der Waals surface area contributed by atoms with Gasteiger partial charge < -0.3 is 10.6 Å². The van der Waals surface area contributed by atoms with Gasteiger partial charge in [0.15, 0.2) is 0 Å². The van der Waals surface area contributed by atoms with E-state index in [4.69, 9.17) is 5.73 Å². The summed E-state index contributed by atoms with van der Waals surface area (Å²) in [5, 5.41) is 0. The monoisotopic (exact) mass is 178 g/mol. The predicted octanol–water partition coefficient (Wildman–Crippen LogP) is 1.56. The third-order valence-electron chi connectivity index (χ3n) is 2.26. The van der Waals surface area contributed by atoms with Crippen LogP contribution in [0, 0.1) is 6.92 Å². The van der Waals surface area contributed by atoms with E-state index in [1.165, 1.54) is 16.8 Å². The molecule has 0 bridgehead atoms. The van der Waals surface area contributed by atoms with Gasteiger partial charge in [-0.15, -0.1) is 0 Å². The van der Waals surface area contributed by atoms with Crippen molar-refractivity contribution in [2.45, 2.75) is 13.3 Å². The molecule has 0 aliphatic rings. The van der Waals surface area contributed by atoms with Crippen LogP contribution in [0.5, 0.6) is 0 Å². The van der Waals surface area contributed by atoms with Crippen LogP contribution in [0.25, 0.3) is 0 Å². The van der Waals surface area contributed by atoms with Crippen LogP contribution in [-0.2, 0) is 6.42 Å². The van der Waals surface area contributed by atoms with Crippen molar-refractivity contribution in [1.29, 1.82) is 0 Å². The SMILES string of the molecule is Cc1cccc(N(C)C)c1CCN. The lowest BCUT2D eigenvalue weighted by Crippen LogP contribution is -2.14. The summed E-state index contributed by atoms with van der Waals surface area (Å²) in [6.45, 7) is 2.85. The molecule has 0 heterocycles. The Morgan fingerprint density at radius 2 is 2.00 bits per heavy atom. The molecular weight excluding hydrogens is 160 g/mol. The minimum atomic E-state index is 0.714. The third-order valence-corrected chi connectivity index (χ3v) is 2.26. The summed E-state index contributed by atoms with van der Waals surface area (Å²) in [5.74, 6) is 0. The van der Waals surface area contributed by atoms with Crippen molar-refractivity contribution in [2.24, 2.45) is 5.73 Å². The second-order valence-corrected chi connectivity index (χ2v) is 3.51. The molecule has 0 amide bonds. The Hall–Kier alpha value is -1.02. The molecule has 2 heteroatoms. The molecule has 0 radical (unpaired) electrons. The topological polar surface area (TPSA) is 29.3 Å². The van der Waals surface area contributed by atoms with Crippen LogP contribution in [0.3, 0.4) is 0 Å². The van der Waals surface area contributed by atoms with Gasteiger partial charge in [-0.05, 0) is 37.1 Å². The van der Waals surface area contributed by atoms with Crippen LogP contribution in [-0.4, -0.2) is 20.6 Å². The molecule has 1 rings (SSSR count). The molecule has 2 N–H and O–H groups in total. The molecule has 0 saturated carbocycles. The molecule has 0 aliphatic heterocycles. The van der Waals surface area contributed by atoms with Crippen molar-refractivity contribution in [3.05, 3.63) is 29.3 Å². The van der Waals surface area contributed by atoms with Crippen molar-refractivity contribution in [3.63, 3.8) is 0 Å². The lowest BCUT2D eigenvalue weighted by Gasteiger charge is -2.18. The number of aryl methyl sites for hydroxylation is 1. The molecule has 1 aromatic rings. The highest BCUT2D eigenvalue weighted by Crippen LogP contribution is 2.21. The molecule has 1 aromatic carbocycles. The Labute approximate surface area is 80.4 Å². The van der Waals surface area contributed by atoms with E-state index in [2.05, 4.69) is 44.1 Å². The van der Waals surface area contributed by atoms with Crippen molar-refractivity contribution in [2.75, 3.05) is 25.5 Å². The minimum absolute atomic E-state index is 0.714. The Morgan fingerprint density at radius 3 is 2.54 bits per heavy atom. The summed E-state index contributed by atoms with van der Waals surface area (Å²) in [6, 6.07) is 6.36. The van der Waals surface area contributed by atoms with Crippen molar-refractivity contribution >= 4 is 5.69 Å². The largest absolute Gasteiger partial charge is 0.377 e. The first-order valence-corrected chi connectivity index (χ1v) is 4.62. The molecule has 0 fully saturated rings. The van der Waals surface area contributed by atoms with Gasteiger partial charge >= 0.3 is 0 Å². The van der Waals surface area contributed by atoms with E-state index in [-0.39, 0.29) is 0 Å². The molecule has 72 valence electrons. The number of rotatable bonds is 3. The van der Waals surface area contributed by atoms with Gasteiger partial charge in [0.25, 0.3) is 0 Å². The summed E-state index contributed by atoms with van der Waals surface area (Å²) in [5.41, 5.74) is 9.56. The summed E-state index contributed by atoms with van der Waals surface area (Å²) in [4.78, 5) is 2.14. The smallest absolute Gasteiger partial charge is 0.0396 e. The van der Waals surface area contributed by atoms with Gasteiger partial charge in [0.1, 0.15) is 0 Å². The lowest BCUT2D eigenvalue weighted by atomic mass is 10.0. The number of hydrogen-bond acceptors (Lipinski definition) is 2. The van der Waals surface area contributed by atoms with Gasteiger partial charge in [0.2, 0.25) is 0 Å². The van der Waals surface area contributed by atoms with Crippen LogP contribution in [0.2, 0.25) is 0 Å². The predicted molar refractivity (Wildman–Crippen MR) is 58.3 cm³/mol. The Bertz CT molecular complexity index is 279. The van der Waals surface area contributed by atoms with Gasteiger partial charge in [-0.2, -0.15) is 0 Å². The number of hydrogen-bond donors (Lipinski definition) is 1. The van der Waals surface area contributed by atoms with E-state index in [0.29, 0.717) is 6.54 Å². The van der Waals surface area contributed by atoms with Crippen LogP contribution in [0.15, 0.2) is 18.2 Å². The number of anilines is 1.